The molecule has 0 amide bonds. The fourth-order valence-corrected chi connectivity index (χ4v) is 3.52. The van der Waals surface area contributed by atoms with E-state index in [0.717, 1.165) is 43.9 Å². The predicted molar refractivity (Wildman–Crippen MR) is 108 cm³/mol. The summed E-state index contributed by atoms with van der Waals surface area (Å²) in [5, 5.41) is 3.50. The first-order valence-corrected chi connectivity index (χ1v) is 8.62. The highest BCUT2D eigenvalue weighted by Gasteiger charge is 2.29. The van der Waals surface area contributed by atoms with Gasteiger partial charge in [-0.1, -0.05) is 32.8 Å². The lowest BCUT2D eigenvalue weighted by Crippen LogP contribution is -2.41. The molecule has 1 N–H and O–H groups in total. The van der Waals surface area contributed by atoms with Crippen LogP contribution in [0.3, 0.4) is 0 Å². The third-order valence-electron chi connectivity index (χ3n) is 4.87. The summed E-state index contributed by atoms with van der Waals surface area (Å²) < 4.78 is 0. The van der Waals surface area contributed by atoms with Crippen LogP contribution in [0, 0.1) is 11.8 Å². The molecule has 1 saturated heterocycles. The van der Waals surface area contributed by atoms with Crippen molar-refractivity contribution in [3.63, 3.8) is 0 Å². The highest BCUT2D eigenvalue weighted by Crippen LogP contribution is 2.28. The van der Waals surface area contributed by atoms with E-state index in [1.165, 1.54) is 24.8 Å². The summed E-state index contributed by atoms with van der Waals surface area (Å²) in [4.78, 5) is 11.0. The summed E-state index contributed by atoms with van der Waals surface area (Å²) in [6, 6.07) is 4.11. The molecule has 130 valence electrons. The van der Waals surface area contributed by atoms with Gasteiger partial charge in [0, 0.05) is 39.1 Å². The molecule has 2 rings (SSSR count). The molecule has 1 fully saturated rings. The number of nitrogens with one attached hydrogen (secondary N) is 1. The van der Waals surface area contributed by atoms with Crippen molar-refractivity contribution < 1.29 is 0 Å². The van der Waals surface area contributed by atoms with Crippen LogP contribution in [0.15, 0.2) is 29.5 Å². The van der Waals surface area contributed by atoms with Crippen molar-refractivity contribution in [2.75, 3.05) is 26.7 Å². The number of aromatic nitrogens is 1. The van der Waals surface area contributed by atoms with Crippen LogP contribution in [-0.2, 0) is 6.42 Å². The summed E-state index contributed by atoms with van der Waals surface area (Å²) >= 11 is 0. The minimum absolute atomic E-state index is 0. The molecule has 0 spiro atoms. The van der Waals surface area contributed by atoms with Crippen molar-refractivity contribution in [3.05, 3.63) is 30.1 Å². The molecule has 1 atom stereocenters. The zero-order valence-electron chi connectivity index (χ0n) is 14.7. The smallest absolute Gasteiger partial charge is 0.193 e. The number of aliphatic imine (C=N–C) groups is 1. The Morgan fingerprint density at radius 1 is 1.43 bits per heavy atom. The summed E-state index contributed by atoms with van der Waals surface area (Å²) in [7, 11) is 1.89. The minimum atomic E-state index is 0. The minimum Gasteiger partial charge on any atom is -0.356 e. The fraction of sp³-hybridized carbons (Fsp3) is 0.667. The maximum Gasteiger partial charge on any atom is 0.193 e. The van der Waals surface area contributed by atoms with Crippen LogP contribution < -0.4 is 5.32 Å². The maximum atomic E-state index is 4.46. The van der Waals surface area contributed by atoms with Gasteiger partial charge in [0.1, 0.15) is 0 Å². The number of rotatable bonds is 6. The van der Waals surface area contributed by atoms with E-state index in [0.29, 0.717) is 0 Å². The van der Waals surface area contributed by atoms with E-state index in [9.17, 15) is 0 Å². The molecule has 23 heavy (non-hydrogen) atoms. The second-order valence-electron chi connectivity index (χ2n) is 6.16. The van der Waals surface area contributed by atoms with Crippen LogP contribution in [0.1, 0.15) is 38.7 Å². The summed E-state index contributed by atoms with van der Waals surface area (Å²) in [6.45, 7) is 7.83. The van der Waals surface area contributed by atoms with Crippen molar-refractivity contribution >= 4 is 29.9 Å². The van der Waals surface area contributed by atoms with E-state index in [4.69, 9.17) is 0 Å². The van der Waals surface area contributed by atoms with Gasteiger partial charge in [-0.25, -0.2) is 0 Å². The van der Waals surface area contributed by atoms with Gasteiger partial charge in [0.25, 0.3) is 0 Å². The molecule has 0 saturated carbocycles. The first-order valence-electron chi connectivity index (χ1n) is 8.62. The van der Waals surface area contributed by atoms with Gasteiger partial charge in [-0.2, -0.15) is 0 Å². The Bertz CT molecular complexity index is 459. The molecule has 1 aromatic rings. The van der Waals surface area contributed by atoms with E-state index in [-0.39, 0.29) is 24.0 Å². The Morgan fingerprint density at radius 3 is 2.83 bits per heavy atom. The molecule has 2 heterocycles. The fourth-order valence-electron chi connectivity index (χ4n) is 3.52. The molecule has 1 aliphatic heterocycles. The lowest BCUT2D eigenvalue weighted by molar-refractivity contribution is 0.319. The van der Waals surface area contributed by atoms with Crippen molar-refractivity contribution in [1.29, 1.82) is 0 Å². The third-order valence-corrected chi connectivity index (χ3v) is 4.87. The zero-order valence-corrected chi connectivity index (χ0v) is 17.0. The Hall–Kier alpha value is -0.850. The lowest BCUT2D eigenvalue weighted by Gasteiger charge is -2.24. The van der Waals surface area contributed by atoms with E-state index >= 15 is 0 Å². The van der Waals surface area contributed by atoms with Crippen LogP contribution in [-0.4, -0.2) is 42.5 Å². The Balaban J connectivity index is 0.00000264. The van der Waals surface area contributed by atoms with Gasteiger partial charge in [0.2, 0.25) is 0 Å². The Morgan fingerprint density at radius 2 is 2.22 bits per heavy atom. The zero-order chi connectivity index (χ0) is 15.8. The molecule has 0 aromatic carbocycles. The number of nitrogens with zero attached hydrogens (tertiary/aromatic N) is 3. The highest BCUT2D eigenvalue weighted by molar-refractivity contribution is 14.0. The molecule has 5 heteroatoms. The van der Waals surface area contributed by atoms with Crippen molar-refractivity contribution in [1.82, 2.24) is 15.2 Å². The van der Waals surface area contributed by atoms with Crippen LogP contribution in [0.25, 0.3) is 0 Å². The Labute approximate surface area is 158 Å². The van der Waals surface area contributed by atoms with Crippen molar-refractivity contribution in [2.45, 2.75) is 39.5 Å². The van der Waals surface area contributed by atoms with Gasteiger partial charge in [-0.15, -0.1) is 24.0 Å². The monoisotopic (exact) mass is 430 g/mol. The van der Waals surface area contributed by atoms with Crippen molar-refractivity contribution in [2.24, 2.45) is 16.8 Å². The number of guanidine groups is 1. The normalized spacial score (nSPS) is 18.2. The number of pyridine rings is 1. The standard InChI is InChI=1S/C18H30N4.HI/c1-4-16(5-2)17-9-12-22(14-17)18(19-3)21-11-8-15-7-6-10-20-13-15;/h6-7,10,13,16-17H,4-5,8-9,11-12,14H2,1-3H3,(H,19,21);1H. The SMILES string of the molecule is CCC(CC)C1CCN(C(=NC)NCCc2cccnc2)C1.I. The first kappa shape index (κ1) is 20.2. The highest BCUT2D eigenvalue weighted by atomic mass is 127. The van der Waals surface area contributed by atoms with Gasteiger partial charge in [0.15, 0.2) is 5.96 Å². The topological polar surface area (TPSA) is 40.5 Å². The number of hydrogen-bond donors (Lipinski definition) is 1. The maximum absolute atomic E-state index is 4.46. The summed E-state index contributed by atoms with van der Waals surface area (Å²) in [5.74, 6) is 2.74. The van der Waals surface area contributed by atoms with Crippen LogP contribution >= 0.6 is 24.0 Å². The van der Waals surface area contributed by atoms with E-state index < -0.39 is 0 Å². The third kappa shape index (κ3) is 5.94. The lowest BCUT2D eigenvalue weighted by atomic mass is 9.87. The Kier molecular flexibility index (Phi) is 9.52. The van der Waals surface area contributed by atoms with Gasteiger partial charge >= 0.3 is 0 Å². The molecule has 1 unspecified atom stereocenters. The first-order chi connectivity index (χ1) is 10.8. The molecule has 0 aliphatic carbocycles. The second-order valence-corrected chi connectivity index (χ2v) is 6.16. The van der Waals surface area contributed by atoms with Gasteiger partial charge < -0.3 is 10.2 Å². The average molecular weight is 430 g/mol. The molecule has 0 radical (unpaired) electrons. The largest absolute Gasteiger partial charge is 0.356 e. The number of hydrogen-bond acceptors (Lipinski definition) is 2. The van der Waals surface area contributed by atoms with Crippen molar-refractivity contribution in [3.8, 4) is 0 Å². The molecule has 0 bridgehead atoms. The molecular formula is C18H31IN4. The quantitative estimate of drug-likeness (QED) is 0.426. The molecular weight excluding hydrogens is 399 g/mol. The molecule has 1 aliphatic rings. The van der Waals surface area contributed by atoms with Gasteiger partial charge in [0.05, 0.1) is 0 Å². The molecule has 1 aromatic heterocycles. The summed E-state index contributed by atoms with van der Waals surface area (Å²) in [5.41, 5.74) is 1.27. The average Bonchev–Trinajstić information content (AvgIpc) is 3.03. The van der Waals surface area contributed by atoms with Crippen LogP contribution in [0.4, 0.5) is 0 Å². The van der Waals surface area contributed by atoms with Crippen LogP contribution in [0.2, 0.25) is 0 Å². The van der Waals surface area contributed by atoms with E-state index in [2.05, 4.69) is 40.1 Å². The number of halogens is 1. The predicted octanol–water partition coefficient (Wildman–Crippen LogP) is 3.58. The second kappa shape index (κ2) is 10.8. The van der Waals surface area contributed by atoms with E-state index in [1.54, 1.807) is 0 Å². The summed E-state index contributed by atoms with van der Waals surface area (Å²) in [6.07, 6.45) is 8.62. The number of likely N-dealkylation sites (tertiary alicyclic amines) is 1. The van der Waals surface area contributed by atoms with E-state index in [1.807, 2.05) is 25.5 Å². The van der Waals surface area contributed by atoms with Gasteiger partial charge in [-0.3, -0.25) is 9.98 Å². The molecule has 4 nitrogen and oxygen atoms in total. The van der Waals surface area contributed by atoms with Gasteiger partial charge in [-0.05, 0) is 36.3 Å². The van der Waals surface area contributed by atoms with Crippen LogP contribution in [0.5, 0.6) is 0 Å².